The normalized spacial score (nSPS) is 10.4. The predicted octanol–water partition coefficient (Wildman–Crippen LogP) is 2.65. The zero-order valence-electron chi connectivity index (χ0n) is 11.8. The zero-order chi connectivity index (χ0) is 13.5. The molecule has 1 aromatic rings. The summed E-state index contributed by atoms with van der Waals surface area (Å²) in [4.78, 5) is 10.9. The fourth-order valence-electron chi connectivity index (χ4n) is 2.16. The maximum atomic E-state index is 10.9. The number of rotatable bonds is 6. The van der Waals surface area contributed by atoms with Crippen molar-refractivity contribution in [1.82, 2.24) is 5.32 Å². The number of carbonyl (C=O) groups is 1. The third kappa shape index (κ3) is 4.49. The minimum Gasteiger partial charge on any atom is -0.469 e. The number of hydrogen-bond donors (Lipinski definition) is 1. The Hall–Kier alpha value is -1.35. The average Bonchev–Trinajstić information content (AvgIpc) is 2.31. The van der Waals surface area contributed by atoms with Gasteiger partial charge in [-0.15, -0.1) is 0 Å². The molecular weight excluding hydrogens is 226 g/mol. The molecule has 0 bridgehead atoms. The van der Waals surface area contributed by atoms with Crippen molar-refractivity contribution in [2.75, 3.05) is 13.7 Å². The Morgan fingerprint density at radius 1 is 1.22 bits per heavy atom. The van der Waals surface area contributed by atoms with Gasteiger partial charge in [-0.2, -0.15) is 0 Å². The van der Waals surface area contributed by atoms with Crippen molar-refractivity contribution in [3.05, 3.63) is 34.4 Å². The quantitative estimate of drug-likeness (QED) is 0.622. The number of esters is 1. The highest BCUT2D eigenvalue weighted by atomic mass is 16.5. The van der Waals surface area contributed by atoms with E-state index in [1.54, 1.807) is 0 Å². The molecule has 0 saturated heterocycles. The first-order chi connectivity index (χ1) is 8.54. The standard InChI is InChI=1S/C15H23NO2/c1-11-8-12(2)14(13(3)9-11)10-16-7-5-6-15(17)18-4/h8-9,16H,5-7,10H2,1-4H3. The number of aryl methyl sites for hydroxylation is 3. The molecule has 0 aliphatic heterocycles. The van der Waals surface area contributed by atoms with Crippen LogP contribution in [0.25, 0.3) is 0 Å². The van der Waals surface area contributed by atoms with Crippen LogP contribution in [0.2, 0.25) is 0 Å². The van der Waals surface area contributed by atoms with Crippen LogP contribution in [0.15, 0.2) is 12.1 Å². The molecule has 0 amide bonds. The van der Waals surface area contributed by atoms with E-state index in [1.165, 1.54) is 29.4 Å². The van der Waals surface area contributed by atoms with Gasteiger partial charge in [-0.05, 0) is 50.4 Å². The summed E-state index contributed by atoms with van der Waals surface area (Å²) in [6, 6.07) is 4.41. The monoisotopic (exact) mass is 249 g/mol. The topological polar surface area (TPSA) is 38.3 Å². The van der Waals surface area contributed by atoms with Gasteiger partial charge in [0.05, 0.1) is 7.11 Å². The van der Waals surface area contributed by atoms with E-state index in [1.807, 2.05) is 0 Å². The SMILES string of the molecule is COC(=O)CCCNCc1c(C)cc(C)cc1C. The molecule has 0 heterocycles. The van der Waals surface area contributed by atoms with E-state index in [4.69, 9.17) is 0 Å². The van der Waals surface area contributed by atoms with E-state index in [2.05, 4.69) is 43.0 Å². The fraction of sp³-hybridized carbons (Fsp3) is 0.533. The first-order valence-corrected chi connectivity index (χ1v) is 6.39. The lowest BCUT2D eigenvalue weighted by atomic mass is 10.00. The fourth-order valence-corrected chi connectivity index (χ4v) is 2.16. The van der Waals surface area contributed by atoms with Crippen molar-refractivity contribution < 1.29 is 9.53 Å². The lowest BCUT2D eigenvalue weighted by Crippen LogP contribution is -2.17. The van der Waals surface area contributed by atoms with Crippen LogP contribution < -0.4 is 5.32 Å². The van der Waals surface area contributed by atoms with E-state index in [9.17, 15) is 4.79 Å². The molecule has 0 aromatic heterocycles. The van der Waals surface area contributed by atoms with E-state index >= 15 is 0 Å². The van der Waals surface area contributed by atoms with Gasteiger partial charge < -0.3 is 10.1 Å². The van der Waals surface area contributed by atoms with Gasteiger partial charge >= 0.3 is 5.97 Å². The molecule has 1 aromatic carbocycles. The predicted molar refractivity (Wildman–Crippen MR) is 73.6 cm³/mol. The van der Waals surface area contributed by atoms with Gasteiger partial charge in [0.2, 0.25) is 0 Å². The molecule has 0 fully saturated rings. The van der Waals surface area contributed by atoms with Gasteiger partial charge in [0.25, 0.3) is 0 Å². The number of hydrogen-bond acceptors (Lipinski definition) is 3. The summed E-state index contributed by atoms with van der Waals surface area (Å²) in [6.45, 7) is 8.10. The molecular formula is C15H23NO2. The van der Waals surface area contributed by atoms with E-state index in [0.717, 1.165) is 19.5 Å². The first-order valence-electron chi connectivity index (χ1n) is 6.39. The second kappa shape index (κ2) is 7.17. The van der Waals surface area contributed by atoms with E-state index in [-0.39, 0.29) is 5.97 Å². The number of benzene rings is 1. The highest BCUT2D eigenvalue weighted by Gasteiger charge is 2.04. The third-order valence-corrected chi connectivity index (χ3v) is 3.10. The molecule has 3 heteroatoms. The number of methoxy groups -OCH3 is 1. The van der Waals surface area contributed by atoms with Gasteiger partial charge in [-0.1, -0.05) is 17.7 Å². The molecule has 0 atom stereocenters. The van der Waals surface area contributed by atoms with Crippen molar-refractivity contribution in [2.45, 2.75) is 40.2 Å². The van der Waals surface area contributed by atoms with Crippen molar-refractivity contribution in [2.24, 2.45) is 0 Å². The average molecular weight is 249 g/mol. The van der Waals surface area contributed by atoms with Gasteiger partial charge in [0.1, 0.15) is 0 Å². The Morgan fingerprint density at radius 3 is 2.39 bits per heavy atom. The maximum absolute atomic E-state index is 10.9. The van der Waals surface area contributed by atoms with Crippen LogP contribution in [0.3, 0.4) is 0 Å². The van der Waals surface area contributed by atoms with Crippen LogP contribution in [0, 0.1) is 20.8 Å². The minimum absolute atomic E-state index is 0.139. The van der Waals surface area contributed by atoms with Crippen molar-refractivity contribution in [3.8, 4) is 0 Å². The summed E-state index contributed by atoms with van der Waals surface area (Å²) in [5.41, 5.74) is 5.32. The second-order valence-corrected chi connectivity index (χ2v) is 4.73. The zero-order valence-corrected chi connectivity index (χ0v) is 11.8. The Morgan fingerprint density at radius 2 is 1.83 bits per heavy atom. The molecule has 1 rings (SSSR count). The molecule has 1 N–H and O–H groups in total. The largest absolute Gasteiger partial charge is 0.469 e. The lowest BCUT2D eigenvalue weighted by Gasteiger charge is -2.12. The van der Waals surface area contributed by atoms with Gasteiger partial charge in [-0.25, -0.2) is 0 Å². The molecule has 18 heavy (non-hydrogen) atoms. The Bertz CT molecular complexity index is 390. The summed E-state index contributed by atoms with van der Waals surface area (Å²) >= 11 is 0. The smallest absolute Gasteiger partial charge is 0.305 e. The maximum Gasteiger partial charge on any atom is 0.305 e. The number of ether oxygens (including phenoxy) is 1. The molecule has 0 aliphatic rings. The van der Waals surface area contributed by atoms with Crippen molar-refractivity contribution in [3.63, 3.8) is 0 Å². The highest BCUT2D eigenvalue weighted by molar-refractivity contribution is 5.69. The Labute approximate surface area is 110 Å². The van der Waals surface area contributed by atoms with Crippen LogP contribution in [0.4, 0.5) is 0 Å². The second-order valence-electron chi connectivity index (χ2n) is 4.73. The van der Waals surface area contributed by atoms with Crippen LogP contribution in [-0.4, -0.2) is 19.6 Å². The van der Waals surface area contributed by atoms with Crippen LogP contribution >= 0.6 is 0 Å². The van der Waals surface area contributed by atoms with Crippen molar-refractivity contribution in [1.29, 1.82) is 0 Å². The van der Waals surface area contributed by atoms with Gasteiger partial charge in [0.15, 0.2) is 0 Å². The number of carbonyl (C=O) groups excluding carboxylic acids is 1. The Kier molecular flexibility index (Phi) is 5.86. The molecule has 100 valence electrons. The van der Waals surface area contributed by atoms with Gasteiger partial charge in [0, 0.05) is 13.0 Å². The van der Waals surface area contributed by atoms with Crippen LogP contribution in [-0.2, 0) is 16.1 Å². The van der Waals surface area contributed by atoms with Crippen LogP contribution in [0.1, 0.15) is 35.1 Å². The highest BCUT2D eigenvalue weighted by Crippen LogP contribution is 2.15. The van der Waals surface area contributed by atoms with E-state index in [0.29, 0.717) is 6.42 Å². The van der Waals surface area contributed by atoms with Crippen LogP contribution in [0.5, 0.6) is 0 Å². The first kappa shape index (κ1) is 14.7. The summed E-state index contributed by atoms with van der Waals surface area (Å²) in [5, 5.41) is 3.37. The number of nitrogens with one attached hydrogen (secondary N) is 1. The summed E-state index contributed by atoms with van der Waals surface area (Å²) < 4.78 is 4.60. The van der Waals surface area contributed by atoms with E-state index < -0.39 is 0 Å². The molecule has 0 radical (unpaired) electrons. The lowest BCUT2D eigenvalue weighted by molar-refractivity contribution is -0.140. The molecule has 0 saturated carbocycles. The summed E-state index contributed by atoms with van der Waals surface area (Å²) in [5.74, 6) is -0.139. The third-order valence-electron chi connectivity index (χ3n) is 3.10. The summed E-state index contributed by atoms with van der Waals surface area (Å²) in [7, 11) is 1.43. The molecule has 0 unspecified atom stereocenters. The summed E-state index contributed by atoms with van der Waals surface area (Å²) in [6.07, 6.45) is 1.30. The minimum atomic E-state index is -0.139. The molecule has 0 aliphatic carbocycles. The van der Waals surface area contributed by atoms with Crippen molar-refractivity contribution >= 4 is 5.97 Å². The molecule has 3 nitrogen and oxygen atoms in total. The molecule has 0 spiro atoms. The van der Waals surface area contributed by atoms with Gasteiger partial charge in [-0.3, -0.25) is 4.79 Å². The Balaban J connectivity index is 2.38.